The van der Waals surface area contributed by atoms with E-state index in [1.54, 1.807) is 11.8 Å². The maximum absolute atomic E-state index is 13.1. The maximum atomic E-state index is 13.1. The van der Waals surface area contributed by atoms with Crippen LogP contribution in [-0.2, 0) is 14.4 Å². The van der Waals surface area contributed by atoms with Crippen molar-refractivity contribution in [3.05, 3.63) is 23.8 Å². The van der Waals surface area contributed by atoms with E-state index in [-0.39, 0.29) is 0 Å². The van der Waals surface area contributed by atoms with Gasteiger partial charge in [-0.3, -0.25) is 4.90 Å². The van der Waals surface area contributed by atoms with Crippen molar-refractivity contribution in [3.63, 3.8) is 0 Å². The van der Waals surface area contributed by atoms with Crippen molar-refractivity contribution < 1.29 is 78.0 Å². The summed E-state index contributed by atoms with van der Waals surface area (Å²) in [7, 11) is 0. The average Bonchev–Trinajstić information content (AvgIpc) is 3.20. The number of halogens is 11. The second-order valence-corrected chi connectivity index (χ2v) is 8.26. The van der Waals surface area contributed by atoms with E-state index in [0.29, 0.717) is 16.2 Å². The first kappa shape index (κ1) is 37.6. The molecule has 1 saturated heterocycles. The summed E-state index contributed by atoms with van der Waals surface area (Å²) in [6, 6.07) is 2.28. The molecule has 234 valence electrons. The zero-order valence-electron chi connectivity index (χ0n) is 19.9. The van der Waals surface area contributed by atoms with Crippen LogP contribution in [0.1, 0.15) is 0 Å². The zero-order chi connectivity index (χ0) is 32.2. The molecule has 1 aliphatic heterocycles. The lowest BCUT2D eigenvalue weighted by atomic mass is 10.3. The van der Waals surface area contributed by atoms with Gasteiger partial charge in [-0.25, -0.2) is 28.1 Å². The molecule has 5 N–H and O–H groups in total. The number of aromatic nitrogens is 2. The number of thioether (sulfide) groups is 1. The highest BCUT2D eigenvalue weighted by molar-refractivity contribution is 7.99. The van der Waals surface area contributed by atoms with Crippen molar-refractivity contribution in [1.82, 2.24) is 20.2 Å². The van der Waals surface area contributed by atoms with Gasteiger partial charge in [0, 0.05) is 50.6 Å². The third kappa shape index (κ3) is 15.8. The van der Waals surface area contributed by atoms with Gasteiger partial charge in [-0.15, -0.1) is 0 Å². The minimum absolute atomic E-state index is 0.466. The number of aromatic amines is 1. The highest BCUT2D eigenvalue weighted by atomic mass is 32.2. The van der Waals surface area contributed by atoms with Gasteiger partial charge in [-0.1, -0.05) is 11.8 Å². The number of H-pyrrole nitrogens is 1. The molecule has 1 aliphatic rings. The molecule has 22 heteroatoms. The van der Waals surface area contributed by atoms with Gasteiger partial charge in [0.2, 0.25) is 0 Å². The van der Waals surface area contributed by atoms with Crippen LogP contribution in [0.25, 0.3) is 11.0 Å². The van der Waals surface area contributed by atoms with E-state index in [0.717, 1.165) is 50.6 Å². The third-order valence-electron chi connectivity index (χ3n) is 4.09. The predicted octanol–water partition coefficient (Wildman–Crippen LogP) is 3.74. The molecule has 1 fully saturated rings. The van der Waals surface area contributed by atoms with Gasteiger partial charge >= 0.3 is 36.4 Å². The summed E-state index contributed by atoms with van der Waals surface area (Å²) in [6.45, 7) is 5.20. The maximum Gasteiger partial charge on any atom is 0.490 e. The van der Waals surface area contributed by atoms with Crippen LogP contribution >= 0.6 is 11.8 Å². The molecule has 0 saturated carbocycles. The smallest absolute Gasteiger partial charge is 0.475 e. The fourth-order valence-corrected chi connectivity index (χ4v) is 3.14. The molecule has 0 amide bonds. The van der Waals surface area contributed by atoms with Crippen LogP contribution in [0.2, 0.25) is 0 Å². The van der Waals surface area contributed by atoms with E-state index in [1.807, 2.05) is 0 Å². The highest BCUT2D eigenvalue weighted by Crippen LogP contribution is 2.22. The van der Waals surface area contributed by atoms with Gasteiger partial charge in [0.1, 0.15) is 0 Å². The van der Waals surface area contributed by atoms with E-state index >= 15 is 0 Å². The Morgan fingerprint density at radius 2 is 1.20 bits per heavy atom. The normalized spacial score (nSPS) is 14.0. The Labute approximate surface area is 225 Å². The molecule has 41 heavy (non-hydrogen) atoms. The van der Waals surface area contributed by atoms with Gasteiger partial charge in [-0.05, 0) is 0 Å². The second-order valence-electron chi connectivity index (χ2n) is 7.17. The topological polar surface area (TPSA) is 156 Å². The molecule has 1 aromatic heterocycles. The summed E-state index contributed by atoms with van der Waals surface area (Å²) in [5.41, 5.74) is 1.00. The number of aliphatic carboxylic acids is 3. The molecule has 0 atom stereocenters. The fourth-order valence-electron chi connectivity index (χ4n) is 2.26. The molecule has 0 spiro atoms. The monoisotopic (exact) mass is 640 g/mol. The first-order valence-electron chi connectivity index (χ1n) is 10.4. The highest BCUT2D eigenvalue weighted by Gasteiger charge is 2.39. The molecular formula is C19H19F11N4O6S. The number of carboxylic acid groups (broad SMARTS) is 3. The van der Waals surface area contributed by atoms with E-state index in [4.69, 9.17) is 29.7 Å². The van der Waals surface area contributed by atoms with E-state index in [9.17, 15) is 48.3 Å². The number of rotatable bonds is 4. The fraction of sp³-hybridized carbons (Fsp3) is 0.474. The van der Waals surface area contributed by atoms with Crippen molar-refractivity contribution in [1.29, 1.82) is 0 Å². The molecular weight excluding hydrogens is 621 g/mol. The summed E-state index contributed by atoms with van der Waals surface area (Å²) >= 11 is 1.58. The first-order chi connectivity index (χ1) is 18.6. The Hall–Kier alpha value is -3.40. The Morgan fingerprint density at radius 3 is 1.59 bits per heavy atom. The summed E-state index contributed by atoms with van der Waals surface area (Å²) in [5, 5.41) is 25.4. The molecule has 0 unspecified atom stereocenters. The van der Waals surface area contributed by atoms with Gasteiger partial charge in [0.05, 0.1) is 11.0 Å². The Morgan fingerprint density at radius 1 is 0.805 bits per heavy atom. The van der Waals surface area contributed by atoms with Crippen LogP contribution < -0.4 is 5.32 Å². The zero-order valence-corrected chi connectivity index (χ0v) is 20.7. The SMILES string of the molecule is Fc1cc2nc(SCCN3CCNCC3)[nH]c2cc1F.O=C(O)C(F)(F)F.O=C(O)C(F)(F)F.O=C(O)C(F)(F)F. The average molecular weight is 640 g/mol. The minimum Gasteiger partial charge on any atom is -0.475 e. The number of benzene rings is 1. The lowest BCUT2D eigenvalue weighted by Crippen LogP contribution is -2.44. The van der Waals surface area contributed by atoms with Crippen LogP contribution in [0.15, 0.2) is 17.3 Å². The molecule has 3 rings (SSSR count). The van der Waals surface area contributed by atoms with Crippen molar-refractivity contribution in [2.75, 3.05) is 38.5 Å². The number of fused-ring (bicyclic) bond motifs is 1. The lowest BCUT2D eigenvalue weighted by Gasteiger charge is -2.26. The van der Waals surface area contributed by atoms with Crippen LogP contribution in [0.4, 0.5) is 48.3 Å². The third-order valence-corrected chi connectivity index (χ3v) is 4.94. The van der Waals surface area contributed by atoms with Crippen LogP contribution in [0.5, 0.6) is 0 Å². The number of piperazine rings is 1. The summed E-state index contributed by atoms with van der Waals surface area (Å²) in [6.07, 6.45) is -15.3. The minimum atomic E-state index is -5.08. The van der Waals surface area contributed by atoms with E-state index in [1.165, 1.54) is 0 Å². The Balaban J connectivity index is 0.000000631. The Bertz CT molecular complexity index is 1050. The standard InChI is InChI=1S/C13H16F2N4S.3C2HF3O2/c14-9-7-11-12(8-10(9)15)18-13(17-11)20-6-5-19-3-1-16-2-4-19;3*3-2(4,5)1(6)7/h7-8,16H,1-6H2,(H,17,18);3*(H,6,7). The number of carboxylic acids is 3. The summed E-state index contributed by atoms with van der Waals surface area (Å²) < 4.78 is 121. The van der Waals surface area contributed by atoms with Crippen LogP contribution in [-0.4, -0.2) is 105 Å². The van der Waals surface area contributed by atoms with Gasteiger partial charge in [-0.2, -0.15) is 39.5 Å². The van der Waals surface area contributed by atoms with Crippen molar-refractivity contribution in [3.8, 4) is 0 Å². The molecule has 0 aliphatic carbocycles. The number of imidazole rings is 1. The second kappa shape index (κ2) is 16.1. The molecule has 10 nitrogen and oxygen atoms in total. The molecule has 2 heterocycles. The number of carbonyl (C=O) groups is 3. The quantitative estimate of drug-likeness (QED) is 0.247. The van der Waals surface area contributed by atoms with Crippen LogP contribution in [0, 0.1) is 11.6 Å². The van der Waals surface area contributed by atoms with Gasteiger partial charge < -0.3 is 25.6 Å². The van der Waals surface area contributed by atoms with Crippen molar-refractivity contribution in [2.24, 2.45) is 0 Å². The molecule has 2 aromatic rings. The lowest BCUT2D eigenvalue weighted by molar-refractivity contribution is -0.193. The molecule has 0 bridgehead atoms. The van der Waals surface area contributed by atoms with E-state index < -0.39 is 48.1 Å². The van der Waals surface area contributed by atoms with Gasteiger partial charge in [0.25, 0.3) is 0 Å². The van der Waals surface area contributed by atoms with Crippen molar-refractivity contribution in [2.45, 2.75) is 23.7 Å². The summed E-state index contributed by atoms with van der Waals surface area (Å²) in [5.74, 6) is -9.07. The predicted molar refractivity (Wildman–Crippen MR) is 117 cm³/mol. The molecule has 0 radical (unpaired) electrons. The molecule has 1 aromatic carbocycles. The van der Waals surface area contributed by atoms with Crippen LogP contribution in [0.3, 0.4) is 0 Å². The number of hydrogen-bond acceptors (Lipinski definition) is 7. The number of hydrogen-bond donors (Lipinski definition) is 5. The Kier molecular flexibility index (Phi) is 14.8. The number of nitrogens with zero attached hydrogens (tertiary/aromatic N) is 2. The summed E-state index contributed by atoms with van der Waals surface area (Å²) in [4.78, 5) is 36.4. The largest absolute Gasteiger partial charge is 0.490 e. The number of alkyl halides is 9. The first-order valence-corrected chi connectivity index (χ1v) is 11.3. The number of nitrogens with one attached hydrogen (secondary N) is 2. The van der Waals surface area contributed by atoms with Crippen molar-refractivity contribution >= 4 is 40.7 Å². The van der Waals surface area contributed by atoms with Gasteiger partial charge in [0.15, 0.2) is 16.8 Å². The van der Waals surface area contributed by atoms with E-state index in [2.05, 4.69) is 20.2 Å².